The molecule has 0 saturated heterocycles. The summed E-state index contributed by atoms with van der Waals surface area (Å²) in [5.74, 6) is -0.870. The van der Waals surface area contributed by atoms with Gasteiger partial charge in [-0.3, -0.25) is 13.8 Å². The highest BCUT2D eigenvalue weighted by Crippen LogP contribution is 2.33. The van der Waals surface area contributed by atoms with Crippen LogP contribution in [0.3, 0.4) is 0 Å². The molecule has 4 rings (SSSR count). The number of rotatable bonds is 9. The first-order valence-electron chi connectivity index (χ1n) is 11.7. The van der Waals surface area contributed by atoms with Gasteiger partial charge in [-0.25, -0.2) is 16.8 Å². The van der Waals surface area contributed by atoms with Gasteiger partial charge in [0.2, 0.25) is 5.91 Å². The zero-order valence-corrected chi connectivity index (χ0v) is 24.1. The van der Waals surface area contributed by atoms with Gasteiger partial charge in [0.1, 0.15) is 6.54 Å². The Kier molecular flexibility index (Phi) is 8.75. The topological polar surface area (TPSA) is 113 Å². The third kappa shape index (κ3) is 7.45. The zero-order valence-electron chi connectivity index (χ0n) is 20.8. The van der Waals surface area contributed by atoms with Crippen LogP contribution in [0.25, 0.3) is 0 Å². The molecule has 2 N–H and O–H groups in total. The molecule has 0 spiro atoms. The van der Waals surface area contributed by atoms with Crippen LogP contribution in [-0.2, 0) is 31.0 Å². The van der Waals surface area contributed by atoms with E-state index in [1.54, 1.807) is 30.3 Å². The molecule has 0 aromatic heterocycles. The summed E-state index contributed by atoms with van der Waals surface area (Å²) in [5.41, 5.74) is -0.977. The molecular weight excluding hydrogens is 647 g/mol. The van der Waals surface area contributed by atoms with Gasteiger partial charge in [0.25, 0.3) is 20.0 Å². The van der Waals surface area contributed by atoms with Crippen molar-refractivity contribution in [1.29, 1.82) is 0 Å². The fourth-order valence-corrected chi connectivity index (χ4v) is 6.41. The number of sulfonamides is 2. The fraction of sp³-hybridized carbons (Fsp3) is 0.0741. The molecule has 14 heteroatoms. The number of hydrogen-bond acceptors (Lipinski definition) is 5. The Labute approximate surface area is 243 Å². The van der Waals surface area contributed by atoms with Crippen molar-refractivity contribution >= 4 is 58.9 Å². The molecule has 1 amide bonds. The summed E-state index contributed by atoms with van der Waals surface area (Å²) in [4.78, 5) is 12.6. The van der Waals surface area contributed by atoms with E-state index in [1.165, 1.54) is 48.5 Å². The Balaban J connectivity index is 1.56. The highest BCUT2D eigenvalue weighted by atomic mass is 79.9. The molecule has 0 radical (unpaired) electrons. The van der Waals surface area contributed by atoms with Gasteiger partial charge in [0.05, 0.1) is 21.0 Å². The second-order valence-corrected chi connectivity index (χ2v) is 13.0. The number of carbonyl (C=O) groups excluding carboxylic acids is 1. The highest BCUT2D eigenvalue weighted by Gasteiger charge is 2.33. The Morgan fingerprint density at radius 1 is 0.756 bits per heavy atom. The molecule has 0 bridgehead atoms. The number of carbonyl (C=O) groups is 1. The normalized spacial score (nSPS) is 12.0. The van der Waals surface area contributed by atoms with Crippen molar-refractivity contribution in [3.63, 3.8) is 0 Å². The lowest BCUT2D eigenvalue weighted by atomic mass is 10.2. The molecule has 214 valence electrons. The predicted octanol–water partition coefficient (Wildman–Crippen LogP) is 6.10. The van der Waals surface area contributed by atoms with E-state index in [9.17, 15) is 34.8 Å². The monoisotopic (exact) mass is 667 g/mol. The average molecular weight is 669 g/mol. The lowest BCUT2D eigenvalue weighted by molar-refractivity contribution is -0.137. The summed E-state index contributed by atoms with van der Waals surface area (Å²) in [5, 5.41) is 2.46. The van der Waals surface area contributed by atoms with Crippen molar-refractivity contribution in [3.05, 3.63) is 113 Å². The molecule has 4 aromatic carbocycles. The van der Waals surface area contributed by atoms with E-state index in [-0.39, 0.29) is 21.2 Å². The van der Waals surface area contributed by atoms with Crippen LogP contribution in [0.5, 0.6) is 0 Å². The van der Waals surface area contributed by atoms with Crippen LogP contribution in [0, 0.1) is 0 Å². The second kappa shape index (κ2) is 11.9. The van der Waals surface area contributed by atoms with Crippen molar-refractivity contribution in [1.82, 2.24) is 0 Å². The maximum atomic E-state index is 13.4. The molecule has 8 nitrogen and oxygen atoms in total. The average Bonchev–Trinajstić information content (AvgIpc) is 2.93. The molecule has 0 heterocycles. The second-order valence-electron chi connectivity index (χ2n) is 8.56. The van der Waals surface area contributed by atoms with E-state index in [4.69, 9.17) is 0 Å². The van der Waals surface area contributed by atoms with Crippen LogP contribution in [-0.4, -0.2) is 29.3 Å². The quantitative estimate of drug-likeness (QED) is 0.224. The molecular formula is C27H21BrF3N3O5S2. The van der Waals surface area contributed by atoms with E-state index in [1.807, 2.05) is 0 Å². The number of hydrogen-bond donors (Lipinski definition) is 2. The lowest BCUT2D eigenvalue weighted by Crippen LogP contribution is -2.38. The first-order chi connectivity index (χ1) is 19.3. The molecule has 0 saturated carbocycles. The molecule has 41 heavy (non-hydrogen) atoms. The Morgan fingerprint density at radius 2 is 1.37 bits per heavy atom. The van der Waals surface area contributed by atoms with E-state index < -0.39 is 44.2 Å². The molecule has 0 aliphatic rings. The summed E-state index contributed by atoms with van der Waals surface area (Å²) in [6.45, 7) is -0.857. The van der Waals surface area contributed by atoms with E-state index >= 15 is 0 Å². The van der Waals surface area contributed by atoms with E-state index in [0.29, 0.717) is 16.1 Å². The van der Waals surface area contributed by atoms with Crippen LogP contribution in [0.2, 0.25) is 0 Å². The minimum atomic E-state index is -4.74. The first-order valence-corrected chi connectivity index (χ1v) is 15.4. The number of anilines is 3. The van der Waals surface area contributed by atoms with Gasteiger partial charge in [-0.15, -0.1) is 0 Å². The van der Waals surface area contributed by atoms with Crippen LogP contribution in [0.1, 0.15) is 5.56 Å². The summed E-state index contributed by atoms with van der Waals surface area (Å²) >= 11 is 3.27. The Morgan fingerprint density at radius 3 is 1.98 bits per heavy atom. The number of amides is 1. The molecule has 0 aliphatic carbocycles. The molecule has 0 unspecified atom stereocenters. The van der Waals surface area contributed by atoms with Gasteiger partial charge in [-0.1, -0.05) is 40.2 Å². The number of alkyl halides is 3. The summed E-state index contributed by atoms with van der Waals surface area (Å²) < 4.78 is 96.0. The fourth-order valence-electron chi connectivity index (χ4n) is 3.65. The van der Waals surface area contributed by atoms with Gasteiger partial charge in [0, 0.05) is 15.8 Å². The lowest BCUT2D eigenvalue weighted by Gasteiger charge is -2.25. The summed E-state index contributed by atoms with van der Waals surface area (Å²) in [6, 6.07) is 22.1. The van der Waals surface area contributed by atoms with Gasteiger partial charge in [-0.05, 0) is 78.9 Å². The summed E-state index contributed by atoms with van der Waals surface area (Å²) in [7, 11) is -8.40. The number of nitrogens with zero attached hydrogens (tertiary/aromatic N) is 1. The summed E-state index contributed by atoms with van der Waals surface area (Å²) in [6.07, 6.45) is -4.74. The van der Waals surface area contributed by atoms with Crippen LogP contribution < -0.4 is 14.3 Å². The minimum absolute atomic E-state index is 0.101. The van der Waals surface area contributed by atoms with Gasteiger partial charge in [-0.2, -0.15) is 13.2 Å². The third-order valence-corrected chi connectivity index (χ3v) is 9.34. The molecule has 0 atom stereocenters. The number of benzene rings is 4. The van der Waals surface area contributed by atoms with Gasteiger partial charge in [0.15, 0.2) is 0 Å². The molecule has 4 aromatic rings. The maximum Gasteiger partial charge on any atom is 0.416 e. The number of nitrogens with one attached hydrogen (secondary N) is 2. The zero-order chi connectivity index (χ0) is 29.8. The van der Waals surface area contributed by atoms with Crippen molar-refractivity contribution in [2.24, 2.45) is 0 Å². The van der Waals surface area contributed by atoms with Crippen molar-refractivity contribution < 1.29 is 34.8 Å². The van der Waals surface area contributed by atoms with Gasteiger partial charge >= 0.3 is 6.18 Å². The van der Waals surface area contributed by atoms with E-state index in [0.717, 1.165) is 22.7 Å². The van der Waals surface area contributed by atoms with Crippen LogP contribution >= 0.6 is 15.9 Å². The molecule has 0 fully saturated rings. The minimum Gasteiger partial charge on any atom is -0.325 e. The smallest absolute Gasteiger partial charge is 0.325 e. The predicted molar refractivity (Wildman–Crippen MR) is 152 cm³/mol. The van der Waals surface area contributed by atoms with Crippen molar-refractivity contribution in [3.8, 4) is 0 Å². The molecule has 0 aliphatic heterocycles. The standard InChI is InChI=1S/C27H21BrF3N3O5S2/c28-20-9-11-22(12-10-20)33-40(36,37)24-15-13-21(14-16-24)32-26(35)18-34(41(38,39)25-7-2-1-3-8-25)23-6-4-5-19(17-23)27(29,30)31/h1-17,33H,18H2,(H,32,35). The highest BCUT2D eigenvalue weighted by molar-refractivity contribution is 9.10. The maximum absolute atomic E-state index is 13.4. The van der Waals surface area contributed by atoms with Crippen LogP contribution in [0.4, 0.5) is 30.2 Å². The SMILES string of the molecule is O=C(CN(c1cccc(C(F)(F)F)c1)S(=O)(=O)c1ccccc1)Nc1ccc(S(=O)(=O)Nc2ccc(Br)cc2)cc1. The Hall–Kier alpha value is -3.88. The van der Waals surface area contributed by atoms with Crippen molar-refractivity contribution in [2.45, 2.75) is 16.0 Å². The Bertz CT molecular complexity index is 1750. The van der Waals surface area contributed by atoms with Crippen molar-refractivity contribution in [2.75, 3.05) is 20.9 Å². The third-order valence-electron chi connectivity index (χ3n) is 5.62. The van der Waals surface area contributed by atoms with E-state index in [2.05, 4.69) is 26.0 Å². The largest absolute Gasteiger partial charge is 0.416 e. The van der Waals surface area contributed by atoms with Crippen LogP contribution in [0.15, 0.2) is 117 Å². The van der Waals surface area contributed by atoms with Gasteiger partial charge < -0.3 is 5.32 Å². The first kappa shape index (κ1) is 30.1. The number of halogens is 4.